The summed E-state index contributed by atoms with van der Waals surface area (Å²) in [7, 11) is 0. The summed E-state index contributed by atoms with van der Waals surface area (Å²) in [5.41, 5.74) is 1.78. The molecule has 2 fully saturated rings. The summed E-state index contributed by atoms with van der Waals surface area (Å²) in [5.74, 6) is 6.84. The number of carbonyl (C=O) groups is 1. The Morgan fingerprint density at radius 3 is 2.84 bits per heavy atom. The lowest BCUT2D eigenvalue weighted by atomic mass is 9.52. The van der Waals surface area contributed by atoms with Crippen LogP contribution in [0, 0.1) is 29.1 Å². The molecule has 0 unspecified atom stereocenters. The van der Waals surface area contributed by atoms with Crippen LogP contribution in [0.3, 0.4) is 0 Å². The van der Waals surface area contributed by atoms with Gasteiger partial charge in [-0.1, -0.05) is 25.0 Å². The first-order chi connectivity index (χ1) is 11.9. The van der Waals surface area contributed by atoms with E-state index < -0.39 is 11.7 Å². The van der Waals surface area contributed by atoms with E-state index in [1.165, 1.54) is 11.1 Å². The number of hydrogen-bond acceptors (Lipinski definition) is 3. The fourth-order valence-corrected chi connectivity index (χ4v) is 6.17. The van der Waals surface area contributed by atoms with E-state index in [0.717, 1.165) is 25.5 Å². The van der Waals surface area contributed by atoms with Gasteiger partial charge in [-0.05, 0) is 68.1 Å². The Balaban J connectivity index is 1.75. The predicted molar refractivity (Wildman–Crippen MR) is 96.2 cm³/mol. The molecule has 3 heteroatoms. The quantitative estimate of drug-likeness (QED) is 0.611. The Bertz CT molecular complexity index is 773. The van der Waals surface area contributed by atoms with E-state index in [1.54, 1.807) is 6.92 Å². The summed E-state index contributed by atoms with van der Waals surface area (Å²) >= 11 is 0. The molecule has 4 rings (SSSR count). The Morgan fingerprint density at radius 2 is 2.12 bits per heavy atom. The van der Waals surface area contributed by atoms with Crippen molar-refractivity contribution in [3.63, 3.8) is 0 Å². The van der Waals surface area contributed by atoms with Crippen molar-refractivity contribution >= 4 is 6.29 Å². The fraction of sp³-hybridized carbons (Fsp3) is 0.591. The highest BCUT2D eigenvalue weighted by Crippen LogP contribution is 2.64. The maximum atomic E-state index is 11.2. The number of hydrogen-bond donors (Lipinski definition) is 2. The van der Waals surface area contributed by atoms with Crippen molar-refractivity contribution in [1.29, 1.82) is 0 Å². The maximum absolute atomic E-state index is 11.2. The van der Waals surface area contributed by atoms with Crippen molar-refractivity contribution in [3.8, 4) is 11.8 Å². The summed E-state index contributed by atoms with van der Waals surface area (Å²) in [6.07, 6.45) is 4.61. The van der Waals surface area contributed by atoms with Crippen molar-refractivity contribution in [2.75, 3.05) is 0 Å². The third-order valence-corrected chi connectivity index (χ3v) is 7.35. The lowest BCUT2D eigenvalue weighted by Gasteiger charge is -2.54. The molecular weight excluding hydrogens is 312 g/mol. The minimum Gasteiger partial charge on any atom is -0.392 e. The van der Waals surface area contributed by atoms with E-state index in [1.807, 2.05) is 18.2 Å². The van der Waals surface area contributed by atoms with E-state index >= 15 is 0 Å². The summed E-state index contributed by atoms with van der Waals surface area (Å²) in [6, 6.07) is 5.88. The minimum atomic E-state index is -0.986. The zero-order valence-corrected chi connectivity index (χ0v) is 15.0. The van der Waals surface area contributed by atoms with Crippen molar-refractivity contribution in [2.24, 2.45) is 17.3 Å². The molecule has 6 atom stereocenters. The van der Waals surface area contributed by atoms with Gasteiger partial charge in [-0.15, -0.1) is 5.92 Å². The lowest BCUT2D eigenvalue weighted by Crippen LogP contribution is -2.54. The highest BCUT2D eigenvalue weighted by molar-refractivity contribution is 5.75. The molecule has 3 aliphatic rings. The second kappa shape index (κ2) is 5.69. The molecule has 2 N–H and O–H groups in total. The summed E-state index contributed by atoms with van der Waals surface area (Å²) < 4.78 is 0. The minimum absolute atomic E-state index is 0.111. The second-order valence-corrected chi connectivity index (χ2v) is 8.37. The Morgan fingerprint density at radius 1 is 1.32 bits per heavy atom. The summed E-state index contributed by atoms with van der Waals surface area (Å²) in [6.45, 7) is 3.90. The van der Waals surface area contributed by atoms with Gasteiger partial charge in [0.1, 0.15) is 11.9 Å². The summed E-state index contributed by atoms with van der Waals surface area (Å²) in [4.78, 5) is 11.1. The second-order valence-electron chi connectivity index (χ2n) is 8.37. The van der Waals surface area contributed by atoms with Crippen LogP contribution < -0.4 is 0 Å². The molecule has 0 aromatic heterocycles. The average Bonchev–Trinajstić information content (AvgIpc) is 2.85. The molecule has 2 saturated carbocycles. The zero-order valence-electron chi connectivity index (χ0n) is 15.0. The normalized spacial score (nSPS) is 41.8. The van der Waals surface area contributed by atoms with Crippen molar-refractivity contribution < 1.29 is 15.0 Å². The topological polar surface area (TPSA) is 57.5 Å². The van der Waals surface area contributed by atoms with Crippen LogP contribution in [0.2, 0.25) is 0 Å². The molecule has 1 aromatic rings. The van der Waals surface area contributed by atoms with E-state index in [4.69, 9.17) is 0 Å². The highest BCUT2D eigenvalue weighted by Gasteiger charge is 2.63. The van der Waals surface area contributed by atoms with Crippen LogP contribution in [-0.4, -0.2) is 28.2 Å². The molecule has 0 aliphatic heterocycles. The lowest BCUT2D eigenvalue weighted by molar-refractivity contribution is -0.107. The maximum Gasteiger partial charge on any atom is 0.150 e. The molecule has 132 valence electrons. The van der Waals surface area contributed by atoms with Crippen LogP contribution in [-0.2, 0) is 6.42 Å². The zero-order chi connectivity index (χ0) is 17.8. The van der Waals surface area contributed by atoms with Gasteiger partial charge in [0, 0.05) is 16.9 Å². The number of carbonyl (C=O) groups excluding carboxylic acids is 1. The molecule has 25 heavy (non-hydrogen) atoms. The summed E-state index contributed by atoms with van der Waals surface area (Å²) in [5, 5.41) is 22.3. The first-order valence-electron chi connectivity index (χ1n) is 9.36. The average molecular weight is 338 g/mol. The molecule has 0 saturated heterocycles. The SMILES string of the molecule is CC#C[C@]1(O)CC[C@H]2[C@@H]3CCc4cc(C=O)ccc4[C@H]3[C@@H](O)C[C@@]21C. The molecular formula is C22H26O3. The van der Waals surface area contributed by atoms with Crippen LogP contribution in [0.25, 0.3) is 0 Å². The van der Waals surface area contributed by atoms with E-state index in [2.05, 4.69) is 18.8 Å². The van der Waals surface area contributed by atoms with Crippen LogP contribution in [0.15, 0.2) is 18.2 Å². The van der Waals surface area contributed by atoms with Gasteiger partial charge in [0.2, 0.25) is 0 Å². The number of aldehydes is 1. The van der Waals surface area contributed by atoms with Crippen LogP contribution in [0.5, 0.6) is 0 Å². The third-order valence-electron chi connectivity index (χ3n) is 7.35. The predicted octanol–water partition coefficient (Wildman–Crippen LogP) is 3.08. The number of aliphatic hydroxyl groups excluding tert-OH is 1. The largest absolute Gasteiger partial charge is 0.392 e. The highest BCUT2D eigenvalue weighted by atomic mass is 16.3. The number of benzene rings is 1. The van der Waals surface area contributed by atoms with Crippen molar-refractivity contribution in [3.05, 3.63) is 34.9 Å². The molecule has 3 nitrogen and oxygen atoms in total. The van der Waals surface area contributed by atoms with Gasteiger partial charge < -0.3 is 10.2 Å². The van der Waals surface area contributed by atoms with E-state index in [0.29, 0.717) is 30.2 Å². The molecule has 0 bridgehead atoms. The fourth-order valence-electron chi connectivity index (χ4n) is 6.17. The first kappa shape index (κ1) is 16.8. The third kappa shape index (κ3) is 2.24. The number of aryl methyl sites for hydroxylation is 1. The number of fused-ring (bicyclic) bond motifs is 5. The monoisotopic (exact) mass is 338 g/mol. The van der Waals surface area contributed by atoms with Gasteiger partial charge in [0.25, 0.3) is 0 Å². The Hall–Kier alpha value is -1.63. The van der Waals surface area contributed by atoms with Crippen LogP contribution >= 0.6 is 0 Å². The van der Waals surface area contributed by atoms with Gasteiger partial charge in [-0.3, -0.25) is 4.79 Å². The number of aliphatic hydroxyl groups is 2. The van der Waals surface area contributed by atoms with Crippen molar-refractivity contribution in [1.82, 2.24) is 0 Å². The van der Waals surface area contributed by atoms with Gasteiger partial charge in [-0.2, -0.15) is 0 Å². The molecule has 0 amide bonds. The standard InChI is InChI=1S/C22H26O3/c1-3-9-22(25)10-8-18-17-7-5-15-11-14(13-23)4-6-16(15)20(17)19(24)12-21(18,22)2/h4,6,11,13,17-20,24-25H,5,7-8,10,12H2,1-2H3/t17-,18-,19-,20+,21-,22-/m0/s1. The molecule has 0 radical (unpaired) electrons. The Labute approximate surface area is 149 Å². The van der Waals surface area contributed by atoms with Gasteiger partial charge >= 0.3 is 0 Å². The smallest absolute Gasteiger partial charge is 0.150 e. The first-order valence-corrected chi connectivity index (χ1v) is 9.36. The van der Waals surface area contributed by atoms with Gasteiger partial charge in [0.15, 0.2) is 0 Å². The van der Waals surface area contributed by atoms with Gasteiger partial charge in [0.05, 0.1) is 6.10 Å². The molecule has 1 aromatic carbocycles. The van der Waals surface area contributed by atoms with E-state index in [-0.39, 0.29) is 11.3 Å². The molecule has 0 spiro atoms. The molecule has 0 heterocycles. The Kier molecular flexibility index (Phi) is 3.83. The molecule has 3 aliphatic carbocycles. The number of rotatable bonds is 1. The van der Waals surface area contributed by atoms with Crippen LogP contribution in [0.1, 0.15) is 66.9 Å². The van der Waals surface area contributed by atoms with E-state index in [9.17, 15) is 15.0 Å². The van der Waals surface area contributed by atoms with Gasteiger partial charge in [-0.25, -0.2) is 0 Å². The van der Waals surface area contributed by atoms with Crippen LogP contribution in [0.4, 0.5) is 0 Å². The van der Waals surface area contributed by atoms with Crippen molar-refractivity contribution in [2.45, 2.75) is 63.6 Å².